The summed E-state index contributed by atoms with van der Waals surface area (Å²) in [5.41, 5.74) is 5.55. The van der Waals surface area contributed by atoms with Crippen molar-refractivity contribution in [2.75, 3.05) is 45.8 Å². The zero-order valence-electron chi connectivity index (χ0n) is 11.2. The molecule has 0 bridgehead atoms. The Hall–Kier alpha value is -0.120. The first-order valence-corrected chi connectivity index (χ1v) is 7.53. The summed E-state index contributed by atoms with van der Waals surface area (Å²) in [6, 6.07) is 0. The van der Waals surface area contributed by atoms with Crippen molar-refractivity contribution in [3.05, 3.63) is 0 Å². The molecule has 2 N–H and O–H groups in total. The molecule has 0 atom stereocenters. The van der Waals surface area contributed by atoms with Crippen LogP contribution in [0.15, 0.2) is 0 Å². The minimum absolute atomic E-state index is 0.849. The molecule has 0 aromatic carbocycles. The molecule has 2 fully saturated rings. The summed E-state index contributed by atoms with van der Waals surface area (Å²) in [6.07, 6.45) is 8.26. The van der Waals surface area contributed by atoms with Gasteiger partial charge in [-0.15, -0.1) is 0 Å². The number of rotatable bonds is 6. The number of unbranched alkanes of at least 4 members (excludes halogenated alkanes) is 1. The number of nitrogens with two attached hydrogens (primary N) is 1. The van der Waals surface area contributed by atoms with Crippen molar-refractivity contribution in [1.29, 1.82) is 0 Å². The first-order valence-electron chi connectivity index (χ1n) is 7.53. The third-order valence-electron chi connectivity index (χ3n) is 4.35. The molecule has 1 aliphatic heterocycles. The maximum absolute atomic E-state index is 5.55. The maximum Gasteiger partial charge on any atom is 0.0109 e. The van der Waals surface area contributed by atoms with E-state index >= 15 is 0 Å². The van der Waals surface area contributed by atoms with Crippen molar-refractivity contribution in [2.24, 2.45) is 11.7 Å². The molecule has 17 heavy (non-hydrogen) atoms. The number of hydrogen-bond acceptors (Lipinski definition) is 3. The molecule has 3 heteroatoms. The van der Waals surface area contributed by atoms with E-state index in [1.807, 2.05) is 0 Å². The third kappa shape index (κ3) is 4.57. The minimum Gasteiger partial charge on any atom is -0.330 e. The van der Waals surface area contributed by atoms with E-state index in [2.05, 4.69) is 9.80 Å². The summed E-state index contributed by atoms with van der Waals surface area (Å²) < 4.78 is 0. The molecule has 1 aliphatic carbocycles. The maximum atomic E-state index is 5.55. The van der Waals surface area contributed by atoms with Crippen molar-refractivity contribution in [3.63, 3.8) is 0 Å². The average molecular weight is 239 g/mol. The summed E-state index contributed by atoms with van der Waals surface area (Å²) in [5, 5.41) is 0. The molecule has 0 radical (unpaired) electrons. The van der Waals surface area contributed by atoms with E-state index in [0.29, 0.717) is 0 Å². The molecule has 0 unspecified atom stereocenters. The lowest BCUT2D eigenvalue weighted by atomic mass is 9.85. The van der Waals surface area contributed by atoms with Crippen molar-refractivity contribution in [1.82, 2.24) is 9.80 Å². The highest BCUT2D eigenvalue weighted by atomic mass is 15.2. The largest absolute Gasteiger partial charge is 0.330 e. The molecule has 1 heterocycles. The van der Waals surface area contributed by atoms with E-state index < -0.39 is 0 Å². The SMILES string of the molecule is NCCCCN1CCCN(CC2CCC2)CC1. The second kappa shape index (κ2) is 7.34. The second-order valence-electron chi connectivity index (χ2n) is 5.79. The first kappa shape index (κ1) is 13.3. The highest BCUT2D eigenvalue weighted by Crippen LogP contribution is 2.27. The zero-order valence-corrected chi connectivity index (χ0v) is 11.2. The van der Waals surface area contributed by atoms with Gasteiger partial charge in [0.15, 0.2) is 0 Å². The smallest absolute Gasteiger partial charge is 0.0109 e. The number of nitrogens with zero attached hydrogens (tertiary/aromatic N) is 2. The first-order chi connectivity index (χ1) is 8.38. The summed E-state index contributed by atoms with van der Waals surface area (Å²) >= 11 is 0. The van der Waals surface area contributed by atoms with Crippen LogP contribution in [0.3, 0.4) is 0 Å². The summed E-state index contributed by atoms with van der Waals surface area (Å²) in [7, 11) is 0. The molecule has 100 valence electrons. The molecule has 0 aromatic rings. The fraction of sp³-hybridized carbons (Fsp3) is 1.00. The van der Waals surface area contributed by atoms with Crippen LogP contribution in [0, 0.1) is 5.92 Å². The van der Waals surface area contributed by atoms with Crippen molar-refractivity contribution in [2.45, 2.75) is 38.5 Å². The van der Waals surface area contributed by atoms with E-state index in [1.54, 1.807) is 0 Å². The molecule has 1 saturated heterocycles. The monoisotopic (exact) mass is 239 g/mol. The van der Waals surface area contributed by atoms with Crippen LogP contribution in [0.4, 0.5) is 0 Å². The van der Waals surface area contributed by atoms with Gasteiger partial charge in [0.2, 0.25) is 0 Å². The Morgan fingerprint density at radius 1 is 0.882 bits per heavy atom. The Morgan fingerprint density at radius 2 is 1.65 bits per heavy atom. The van der Waals surface area contributed by atoms with Crippen molar-refractivity contribution in [3.8, 4) is 0 Å². The van der Waals surface area contributed by atoms with E-state index in [-0.39, 0.29) is 0 Å². The molecule has 0 spiro atoms. The van der Waals surface area contributed by atoms with Crippen LogP contribution in [-0.2, 0) is 0 Å². The summed E-state index contributed by atoms with van der Waals surface area (Å²) in [6.45, 7) is 8.67. The summed E-state index contributed by atoms with van der Waals surface area (Å²) in [4.78, 5) is 5.34. The van der Waals surface area contributed by atoms with Gasteiger partial charge in [-0.3, -0.25) is 0 Å². The van der Waals surface area contributed by atoms with Gasteiger partial charge in [-0.05, 0) is 64.2 Å². The molecule has 2 aliphatic rings. The molecule has 2 rings (SSSR count). The molecule has 1 saturated carbocycles. The Balaban J connectivity index is 1.62. The fourth-order valence-electron chi connectivity index (χ4n) is 2.95. The van der Waals surface area contributed by atoms with Gasteiger partial charge in [-0.2, -0.15) is 0 Å². The summed E-state index contributed by atoms with van der Waals surface area (Å²) in [5.74, 6) is 1.03. The van der Waals surface area contributed by atoms with E-state index in [1.165, 1.54) is 77.8 Å². The van der Waals surface area contributed by atoms with Crippen molar-refractivity contribution >= 4 is 0 Å². The van der Waals surface area contributed by atoms with Gasteiger partial charge in [0, 0.05) is 19.6 Å². The van der Waals surface area contributed by atoms with E-state index in [9.17, 15) is 0 Å². The van der Waals surface area contributed by atoms with Gasteiger partial charge < -0.3 is 15.5 Å². The van der Waals surface area contributed by atoms with Gasteiger partial charge >= 0.3 is 0 Å². The van der Waals surface area contributed by atoms with Gasteiger partial charge in [-0.25, -0.2) is 0 Å². The zero-order chi connectivity index (χ0) is 11.9. The van der Waals surface area contributed by atoms with Crippen LogP contribution in [0.5, 0.6) is 0 Å². The second-order valence-corrected chi connectivity index (χ2v) is 5.79. The van der Waals surface area contributed by atoms with Gasteiger partial charge in [0.05, 0.1) is 0 Å². The average Bonchev–Trinajstić information content (AvgIpc) is 2.50. The molecular formula is C14H29N3. The lowest BCUT2D eigenvalue weighted by Gasteiger charge is -2.31. The molecule has 0 amide bonds. The van der Waals surface area contributed by atoms with Crippen LogP contribution >= 0.6 is 0 Å². The van der Waals surface area contributed by atoms with Crippen molar-refractivity contribution < 1.29 is 0 Å². The minimum atomic E-state index is 0.849. The Morgan fingerprint density at radius 3 is 2.35 bits per heavy atom. The Kier molecular flexibility index (Phi) is 5.75. The van der Waals surface area contributed by atoms with Crippen LogP contribution in [0.1, 0.15) is 38.5 Å². The Bertz CT molecular complexity index is 204. The number of hydrogen-bond donors (Lipinski definition) is 1. The topological polar surface area (TPSA) is 32.5 Å². The van der Waals surface area contributed by atoms with E-state index in [4.69, 9.17) is 5.73 Å². The lowest BCUT2D eigenvalue weighted by Crippen LogP contribution is -2.36. The van der Waals surface area contributed by atoms with Crippen LogP contribution in [0.25, 0.3) is 0 Å². The highest BCUT2D eigenvalue weighted by molar-refractivity contribution is 4.76. The third-order valence-corrected chi connectivity index (χ3v) is 4.35. The quantitative estimate of drug-likeness (QED) is 0.714. The molecular weight excluding hydrogens is 210 g/mol. The highest BCUT2D eigenvalue weighted by Gasteiger charge is 2.22. The van der Waals surface area contributed by atoms with Gasteiger partial charge in [0.25, 0.3) is 0 Å². The van der Waals surface area contributed by atoms with Crippen LogP contribution in [0.2, 0.25) is 0 Å². The van der Waals surface area contributed by atoms with Gasteiger partial charge in [-0.1, -0.05) is 6.42 Å². The lowest BCUT2D eigenvalue weighted by molar-refractivity contribution is 0.179. The standard InChI is InChI=1S/C14H29N3/c15-7-1-2-8-16-9-4-10-17(12-11-16)13-14-5-3-6-14/h14H,1-13,15H2. The predicted octanol–water partition coefficient (Wildman–Crippen LogP) is 1.53. The van der Waals surface area contributed by atoms with E-state index in [0.717, 1.165) is 12.5 Å². The fourth-order valence-corrected chi connectivity index (χ4v) is 2.95. The van der Waals surface area contributed by atoms with Gasteiger partial charge in [0.1, 0.15) is 0 Å². The normalized spacial score (nSPS) is 24.5. The predicted molar refractivity (Wildman–Crippen MR) is 73.1 cm³/mol. The molecule has 0 aromatic heterocycles. The Labute approximate surface area is 106 Å². The van der Waals surface area contributed by atoms with Crippen LogP contribution < -0.4 is 5.73 Å². The van der Waals surface area contributed by atoms with Crippen LogP contribution in [-0.4, -0.2) is 55.6 Å². The molecule has 3 nitrogen and oxygen atoms in total.